The molecule has 0 aliphatic heterocycles. The molecule has 0 atom stereocenters. The van der Waals surface area contributed by atoms with Crippen LogP contribution in [0.1, 0.15) is 46.0 Å². The van der Waals surface area contributed by atoms with Gasteiger partial charge in [-0.25, -0.2) is 0 Å². The maximum absolute atomic E-state index is 3.67. The molecule has 0 aromatic heterocycles. The number of nitrogens with zero attached hydrogens (tertiary/aromatic N) is 1. The Morgan fingerprint density at radius 2 is 1.59 bits per heavy atom. The molecule has 0 unspecified atom stereocenters. The third kappa shape index (κ3) is 5.53. The van der Waals surface area contributed by atoms with Crippen molar-refractivity contribution in [2.75, 3.05) is 43.4 Å². The Balaban J connectivity index is 1.81. The van der Waals surface area contributed by atoms with Crippen LogP contribution >= 0.6 is 0 Å². The summed E-state index contributed by atoms with van der Waals surface area (Å²) in [5.74, 6) is 0.859. The van der Waals surface area contributed by atoms with E-state index in [-0.39, 0.29) is 0 Å². The molecule has 1 aromatic rings. The van der Waals surface area contributed by atoms with Crippen molar-refractivity contribution in [1.29, 1.82) is 0 Å². The lowest BCUT2D eigenvalue weighted by Gasteiger charge is -2.23. The molecule has 0 radical (unpaired) electrons. The van der Waals surface area contributed by atoms with Gasteiger partial charge in [-0.2, -0.15) is 0 Å². The van der Waals surface area contributed by atoms with E-state index in [2.05, 4.69) is 53.6 Å². The highest BCUT2D eigenvalue weighted by molar-refractivity contribution is 5.68. The van der Waals surface area contributed by atoms with Gasteiger partial charge in [-0.3, -0.25) is 0 Å². The first-order valence-electron chi connectivity index (χ1n) is 9.12. The van der Waals surface area contributed by atoms with Crippen LogP contribution in [0.3, 0.4) is 0 Å². The minimum atomic E-state index is 0.859. The molecule has 0 heterocycles. The standard InChI is InChI=1S/C19H33N3/c1-3-22(4-2)15-14-20-18-12-8-9-13-19(18)21-16-17-10-6-5-7-11-17/h8-9,12-13,17,20-21H,3-7,10-11,14-16H2,1-2H3. The van der Waals surface area contributed by atoms with E-state index in [1.54, 1.807) is 0 Å². The highest BCUT2D eigenvalue weighted by Gasteiger charge is 2.13. The van der Waals surface area contributed by atoms with Crippen LogP contribution in [0.15, 0.2) is 24.3 Å². The molecule has 1 saturated carbocycles. The molecule has 3 heteroatoms. The van der Waals surface area contributed by atoms with E-state index in [1.165, 1.54) is 43.5 Å². The number of benzene rings is 1. The molecule has 2 N–H and O–H groups in total. The normalized spacial score (nSPS) is 16.0. The molecule has 3 nitrogen and oxygen atoms in total. The number of hydrogen-bond acceptors (Lipinski definition) is 3. The van der Waals surface area contributed by atoms with Crippen molar-refractivity contribution in [1.82, 2.24) is 4.90 Å². The zero-order valence-corrected chi connectivity index (χ0v) is 14.4. The van der Waals surface area contributed by atoms with E-state index < -0.39 is 0 Å². The van der Waals surface area contributed by atoms with Crippen molar-refractivity contribution >= 4 is 11.4 Å². The monoisotopic (exact) mass is 303 g/mol. The summed E-state index contributed by atoms with van der Waals surface area (Å²) in [7, 11) is 0. The Hall–Kier alpha value is -1.22. The van der Waals surface area contributed by atoms with Crippen molar-refractivity contribution in [3.8, 4) is 0 Å². The molecule has 0 saturated heterocycles. The van der Waals surface area contributed by atoms with E-state index in [1.807, 2.05) is 0 Å². The summed E-state index contributed by atoms with van der Waals surface area (Å²) in [5.41, 5.74) is 2.50. The summed E-state index contributed by atoms with van der Waals surface area (Å²) >= 11 is 0. The molecule has 1 aromatic carbocycles. The van der Waals surface area contributed by atoms with Crippen LogP contribution in [0.25, 0.3) is 0 Å². The van der Waals surface area contributed by atoms with Gasteiger partial charge in [-0.1, -0.05) is 45.2 Å². The third-order valence-corrected chi connectivity index (χ3v) is 4.87. The van der Waals surface area contributed by atoms with Crippen LogP contribution in [0, 0.1) is 5.92 Å². The molecule has 0 spiro atoms. The van der Waals surface area contributed by atoms with Crippen LogP contribution in [0.4, 0.5) is 11.4 Å². The maximum Gasteiger partial charge on any atom is 0.0576 e. The van der Waals surface area contributed by atoms with E-state index in [0.29, 0.717) is 0 Å². The molecule has 1 fully saturated rings. The van der Waals surface area contributed by atoms with Gasteiger partial charge in [0.05, 0.1) is 11.4 Å². The van der Waals surface area contributed by atoms with Gasteiger partial charge in [0.15, 0.2) is 0 Å². The van der Waals surface area contributed by atoms with Crippen molar-refractivity contribution in [3.63, 3.8) is 0 Å². The third-order valence-electron chi connectivity index (χ3n) is 4.87. The van der Waals surface area contributed by atoms with Crippen LogP contribution in [-0.4, -0.2) is 37.6 Å². The Morgan fingerprint density at radius 3 is 2.23 bits per heavy atom. The zero-order valence-electron chi connectivity index (χ0n) is 14.4. The topological polar surface area (TPSA) is 27.3 Å². The van der Waals surface area contributed by atoms with E-state index in [4.69, 9.17) is 0 Å². The van der Waals surface area contributed by atoms with Crippen molar-refractivity contribution in [2.45, 2.75) is 46.0 Å². The second-order valence-corrected chi connectivity index (χ2v) is 6.38. The van der Waals surface area contributed by atoms with Crippen LogP contribution in [-0.2, 0) is 0 Å². The minimum absolute atomic E-state index is 0.859. The predicted molar refractivity (Wildman–Crippen MR) is 97.8 cm³/mol. The second kappa shape index (κ2) is 9.73. The van der Waals surface area contributed by atoms with Crippen molar-refractivity contribution in [3.05, 3.63) is 24.3 Å². The lowest BCUT2D eigenvalue weighted by molar-refractivity contribution is 0.316. The molecule has 2 rings (SSSR count). The number of anilines is 2. The molecule has 124 valence electrons. The molecule has 0 amide bonds. The molecule has 0 bridgehead atoms. The van der Waals surface area contributed by atoms with E-state index in [0.717, 1.165) is 38.6 Å². The zero-order chi connectivity index (χ0) is 15.6. The predicted octanol–water partition coefficient (Wildman–Crippen LogP) is 4.43. The summed E-state index contributed by atoms with van der Waals surface area (Å²) in [6, 6.07) is 8.62. The molecule has 1 aliphatic rings. The average Bonchev–Trinajstić information content (AvgIpc) is 2.59. The number of rotatable bonds is 9. The Kier molecular flexibility index (Phi) is 7.58. The van der Waals surface area contributed by atoms with Gasteiger partial charge in [-0.05, 0) is 44.0 Å². The Labute approximate surface area is 136 Å². The summed E-state index contributed by atoms with van der Waals surface area (Å²) < 4.78 is 0. The average molecular weight is 303 g/mol. The van der Waals surface area contributed by atoms with E-state index >= 15 is 0 Å². The summed E-state index contributed by atoms with van der Waals surface area (Å²) in [5, 5.41) is 7.27. The van der Waals surface area contributed by atoms with Crippen molar-refractivity contribution < 1.29 is 0 Å². The van der Waals surface area contributed by atoms with Gasteiger partial charge in [0.2, 0.25) is 0 Å². The summed E-state index contributed by atoms with van der Waals surface area (Å²) in [6.07, 6.45) is 7.04. The van der Waals surface area contributed by atoms with Gasteiger partial charge in [-0.15, -0.1) is 0 Å². The molecular weight excluding hydrogens is 270 g/mol. The molecule has 1 aliphatic carbocycles. The smallest absolute Gasteiger partial charge is 0.0576 e. The number of nitrogens with one attached hydrogen (secondary N) is 2. The highest BCUT2D eigenvalue weighted by atomic mass is 15.1. The first-order chi connectivity index (χ1) is 10.8. The lowest BCUT2D eigenvalue weighted by atomic mass is 9.89. The fraction of sp³-hybridized carbons (Fsp3) is 0.684. The molecule has 22 heavy (non-hydrogen) atoms. The Morgan fingerprint density at radius 1 is 0.955 bits per heavy atom. The summed E-state index contributed by atoms with van der Waals surface area (Å²) in [4.78, 5) is 2.45. The van der Waals surface area contributed by atoms with Crippen molar-refractivity contribution in [2.24, 2.45) is 5.92 Å². The van der Waals surface area contributed by atoms with E-state index in [9.17, 15) is 0 Å². The second-order valence-electron chi connectivity index (χ2n) is 6.38. The number of likely N-dealkylation sites (N-methyl/N-ethyl adjacent to an activating group) is 1. The number of para-hydroxylation sites is 2. The van der Waals surface area contributed by atoms with Crippen LogP contribution in [0.2, 0.25) is 0 Å². The van der Waals surface area contributed by atoms with Gasteiger partial charge in [0.25, 0.3) is 0 Å². The van der Waals surface area contributed by atoms with Crippen LogP contribution in [0.5, 0.6) is 0 Å². The van der Waals surface area contributed by atoms with Gasteiger partial charge in [0, 0.05) is 19.6 Å². The largest absolute Gasteiger partial charge is 0.383 e. The maximum atomic E-state index is 3.67. The fourth-order valence-corrected chi connectivity index (χ4v) is 3.33. The minimum Gasteiger partial charge on any atom is -0.383 e. The fourth-order valence-electron chi connectivity index (χ4n) is 3.33. The highest BCUT2D eigenvalue weighted by Crippen LogP contribution is 2.26. The molecular formula is C19H33N3. The quantitative estimate of drug-likeness (QED) is 0.706. The van der Waals surface area contributed by atoms with Crippen LogP contribution < -0.4 is 10.6 Å². The first-order valence-corrected chi connectivity index (χ1v) is 9.12. The first kappa shape index (κ1) is 17.1. The summed E-state index contributed by atoms with van der Waals surface area (Å²) in [6.45, 7) is 9.92. The SMILES string of the molecule is CCN(CC)CCNc1ccccc1NCC1CCCCC1. The lowest BCUT2D eigenvalue weighted by Crippen LogP contribution is -2.28. The van der Waals surface area contributed by atoms with Gasteiger partial charge < -0.3 is 15.5 Å². The number of hydrogen-bond donors (Lipinski definition) is 2. The Bertz CT molecular complexity index is 409. The van der Waals surface area contributed by atoms with Gasteiger partial charge in [0.1, 0.15) is 0 Å². The van der Waals surface area contributed by atoms with Gasteiger partial charge >= 0.3 is 0 Å².